The molecule has 0 spiro atoms. The second kappa shape index (κ2) is 8.17. The number of methoxy groups -OCH3 is 1. The van der Waals surface area contributed by atoms with Crippen LogP contribution in [-0.2, 0) is 10.2 Å². The van der Waals surface area contributed by atoms with E-state index in [1.807, 2.05) is 26.1 Å². The second-order valence-electron chi connectivity index (χ2n) is 8.84. The van der Waals surface area contributed by atoms with Gasteiger partial charge >= 0.3 is 6.03 Å². The number of carbonyl (C=O) groups is 2. The molecule has 1 saturated carbocycles. The summed E-state index contributed by atoms with van der Waals surface area (Å²) in [5, 5.41) is 24.8. The SMILES string of the molecule is COc1ccc(C(C)O)c(C23CCN(C)C(C)C2(O)CCC(C(=O)NC(N)=O)C3)c1. The molecule has 166 valence electrons. The Kier molecular flexibility index (Phi) is 6.13. The van der Waals surface area contributed by atoms with E-state index in [2.05, 4.69) is 10.2 Å². The van der Waals surface area contributed by atoms with E-state index in [4.69, 9.17) is 10.5 Å². The monoisotopic (exact) mass is 419 g/mol. The van der Waals surface area contributed by atoms with Crippen LogP contribution in [0.15, 0.2) is 18.2 Å². The highest BCUT2D eigenvalue weighted by atomic mass is 16.5. The Labute approximate surface area is 177 Å². The van der Waals surface area contributed by atoms with Crippen molar-refractivity contribution in [2.45, 2.75) is 62.7 Å². The Hall–Kier alpha value is -2.16. The summed E-state index contributed by atoms with van der Waals surface area (Å²) in [5.74, 6) is -0.264. The van der Waals surface area contributed by atoms with E-state index in [1.54, 1.807) is 20.1 Å². The van der Waals surface area contributed by atoms with Crippen molar-refractivity contribution in [3.63, 3.8) is 0 Å². The number of urea groups is 1. The number of ether oxygens (including phenoxy) is 1. The minimum absolute atomic E-state index is 0.153. The summed E-state index contributed by atoms with van der Waals surface area (Å²) in [6.45, 7) is 4.42. The molecular weight excluding hydrogens is 386 g/mol. The fraction of sp³-hybridized carbons (Fsp3) is 0.636. The molecule has 3 rings (SSSR count). The van der Waals surface area contributed by atoms with Gasteiger partial charge in [-0.3, -0.25) is 10.1 Å². The molecule has 5 N–H and O–H groups in total. The lowest BCUT2D eigenvalue weighted by atomic mass is 9.51. The summed E-state index contributed by atoms with van der Waals surface area (Å²) in [7, 11) is 3.56. The smallest absolute Gasteiger partial charge is 0.318 e. The van der Waals surface area contributed by atoms with Crippen LogP contribution in [0.5, 0.6) is 5.75 Å². The summed E-state index contributed by atoms with van der Waals surface area (Å²) < 4.78 is 5.45. The topological polar surface area (TPSA) is 125 Å². The third-order valence-corrected chi connectivity index (χ3v) is 7.38. The predicted molar refractivity (Wildman–Crippen MR) is 112 cm³/mol. The molecule has 8 heteroatoms. The van der Waals surface area contributed by atoms with Gasteiger partial charge in [0.2, 0.25) is 5.91 Å². The van der Waals surface area contributed by atoms with Crippen LogP contribution in [0.4, 0.5) is 4.79 Å². The van der Waals surface area contributed by atoms with Crippen molar-refractivity contribution in [2.24, 2.45) is 11.7 Å². The van der Waals surface area contributed by atoms with Crippen LogP contribution in [0.25, 0.3) is 0 Å². The zero-order valence-electron chi connectivity index (χ0n) is 18.1. The highest BCUT2D eigenvalue weighted by molar-refractivity contribution is 5.94. The molecule has 2 fully saturated rings. The zero-order chi connectivity index (χ0) is 22.3. The van der Waals surface area contributed by atoms with Crippen molar-refractivity contribution in [3.05, 3.63) is 29.3 Å². The number of hydrogen-bond donors (Lipinski definition) is 4. The van der Waals surface area contributed by atoms with Gasteiger partial charge in [0, 0.05) is 17.4 Å². The van der Waals surface area contributed by atoms with Crippen LogP contribution in [0, 0.1) is 5.92 Å². The molecule has 8 nitrogen and oxygen atoms in total. The molecule has 2 aliphatic rings. The molecule has 1 aromatic carbocycles. The number of piperidine rings is 1. The fourth-order valence-electron chi connectivity index (χ4n) is 5.55. The molecule has 1 aromatic rings. The van der Waals surface area contributed by atoms with Crippen molar-refractivity contribution < 1.29 is 24.5 Å². The van der Waals surface area contributed by atoms with Crippen LogP contribution in [0.3, 0.4) is 0 Å². The van der Waals surface area contributed by atoms with E-state index in [0.29, 0.717) is 37.0 Å². The number of likely N-dealkylation sites (tertiary alicyclic amines) is 1. The summed E-state index contributed by atoms with van der Waals surface area (Å²) in [6, 6.07) is 4.46. The molecule has 0 bridgehead atoms. The van der Waals surface area contributed by atoms with Gasteiger partial charge in [-0.05, 0) is 76.4 Å². The number of hydrogen-bond acceptors (Lipinski definition) is 6. The number of aliphatic hydroxyl groups is 2. The van der Waals surface area contributed by atoms with Gasteiger partial charge in [0.05, 0.1) is 18.8 Å². The van der Waals surface area contributed by atoms with E-state index in [0.717, 1.165) is 12.1 Å². The number of likely N-dealkylation sites (N-methyl/N-ethyl adjacent to an activating group) is 1. The molecule has 0 radical (unpaired) electrons. The normalized spacial score (nSPS) is 32.7. The molecule has 5 atom stereocenters. The van der Waals surface area contributed by atoms with Crippen molar-refractivity contribution >= 4 is 11.9 Å². The molecule has 30 heavy (non-hydrogen) atoms. The van der Waals surface area contributed by atoms with E-state index in [1.165, 1.54) is 0 Å². The van der Waals surface area contributed by atoms with Crippen molar-refractivity contribution in [1.29, 1.82) is 0 Å². The van der Waals surface area contributed by atoms with E-state index in [-0.39, 0.29) is 6.04 Å². The van der Waals surface area contributed by atoms with Gasteiger partial charge in [-0.15, -0.1) is 0 Å². The van der Waals surface area contributed by atoms with Gasteiger partial charge in [-0.2, -0.15) is 0 Å². The number of benzene rings is 1. The maximum atomic E-state index is 12.7. The Morgan fingerprint density at radius 3 is 2.67 bits per heavy atom. The maximum Gasteiger partial charge on any atom is 0.318 e. The average molecular weight is 420 g/mol. The number of carbonyl (C=O) groups excluding carboxylic acids is 2. The lowest BCUT2D eigenvalue weighted by Crippen LogP contribution is -2.69. The first kappa shape index (κ1) is 22.5. The molecule has 5 unspecified atom stereocenters. The first-order valence-corrected chi connectivity index (χ1v) is 10.4. The number of rotatable bonds is 4. The standard InChI is InChI=1S/C22H33N3O5/c1-13(26)17-6-5-16(30-4)11-18(17)21-9-10-25(3)14(2)22(21,29)8-7-15(12-21)19(27)24-20(23)28/h5-6,11,13-15,26,29H,7-10,12H2,1-4H3,(H3,23,24,27,28). The molecule has 1 aliphatic heterocycles. The minimum atomic E-state index is -1.11. The number of nitrogens with zero attached hydrogens (tertiary/aromatic N) is 1. The van der Waals surface area contributed by atoms with Gasteiger partial charge in [-0.1, -0.05) is 6.07 Å². The molecule has 1 aliphatic carbocycles. The Morgan fingerprint density at radius 2 is 2.07 bits per heavy atom. The quantitative estimate of drug-likeness (QED) is 0.585. The van der Waals surface area contributed by atoms with Gasteiger partial charge in [0.1, 0.15) is 5.75 Å². The molecule has 0 aromatic heterocycles. The van der Waals surface area contributed by atoms with Crippen molar-refractivity contribution in [1.82, 2.24) is 10.2 Å². The van der Waals surface area contributed by atoms with Crippen LogP contribution in [0.2, 0.25) is 0 Å². The fourth-order valence-corrected chi connectivity index (χ4v) is 5.55. The van der Waals surface area contributed by atoms with E-state index < -0.39 is 35.0 Å². The zero-order valence-corrected chi connectivity index (χ0v) is 18.1. The number of imide groups is 1. The van der Waals surface area contributed by atoms with Crippen LogP contribution >= 0.6 is 0 Å². The Balaban J connectivity index is 2.18. The van der Waals surface area contributed by atoms with Crippen LogP contribution in [0.1, 0.15) is 56.8 Å². The number of fused-ring (bicyclic) bond motifs is 1. The predicted octanol–water partition coefficient (Wildman–Crippen LogP) is 1.44. The largest absolute Gasteiger partial charge is 0.497 e. The lowest BCUT2D eigenvalue weighted by Gasteiger charge is -2.61. The summed E-state index contributed by atoms with van der Waals surface area (Å²) in [5.41, 5.74) is 4.79. The number of nitrogens with one attached hydrogen (secondary N) is 1. The van der Waals surface area contributed by atoms with E-state index in [9.17, 15) is 19.8 Å². The summed E-state index contributed by atoms with van der Waals surface area (Å²) in [6.07, 6.45) is 1.06. The van der Waals surface area contributed by atoms with Crippen molar-refractivity contribution in [2.75, 3.05) is 20.7 Å². The summed E-state index contributed by atoms with van der Waals surface area (Å²) in [4.78, 5) is 26.1. The average Bonchev–Trinajstić information content (AvgIpc) is 2.70. The highest BCUT2D eigenvalue weighted by Gasteiger charge is 2.61. The Bertz CT molecular complexity index is 829. The second-order valence-corrected chi connectivity index (χ2v) is 8.84. The number of amides is 3. The van der Waals surface area contributed by atoms with Gasteiger partial charge in [0.15, 0.2) is 0 Å². The first-order valence-electron chi connectivity index (χ1n) is 10.4. The van der Waals surface area contributed by atoms with E-state index >= 15 is 0 Å². The lowest BCUT2D eigenvalue weighted by molar-refractivity contribution is -0.163. The van der Waals surface area contributed by atoms with Gasteiger partial charge < -0.3 is 25.6 Å². The molecular formula is C22H33N3O5. The minimum Gasteiger partial charge on any atom is -0.497 e. The van der Waals surface area contributed by atoms with Gasteiger partial charge in [0.25, 0.3) is 0 Å². The molecule has 1 saturated heterocycles. The number of nitrogens with two attached hydrogens (primary N) is 1. The number of primary amides is 1. The highest BCUT2D eigenvalue weighted by Crippen LogP contribution is 2.56. The number of aliphatic hydroxyl groups excluding tert-OH is 1. The molecule has 1 heterocycles. The molecule has 3 amide bonds. The maximum absolute atomic E-state index is 12.7. The third kappa shape index (κ3) is 3.57. The first-order chi connectivity index (χ1) is 14.1. The van der Waals surface area contributed by atoms with Gasteiger partial charge in [-0.25, -0.2) is 4.79 Å². The van der Waals surface area contributed by atoms with Crippen LogP contribution in [-0.4, -0.2) is 59.4 Å². The Morgan fingerprint density at radius 1 is 1.37 bits per heavy atom. The van der Waals surface area contributed by atoms with Crippen LogP contribution < -0.4 is 15.8 Å². The summed E-state index contributed by atoms with van der Waals surface area (Å²) >= 11 is 0. The van der Waals surface area contributed by atoms with Crippen molar-refractivity contribution in [3.8, 4) is 5.75 Å². The third-order valence-electron chi connectivity index (χ3n) is 7.38.